The zero-order valence-corrected chi connectivity index (χ0v) is 11.7. The van der Waals surface area contributed by atoms with Gasteiger partial charge in [0.1, 0.15) is 11.5 Å². The number of carbonyl (C=O) groups excluding carboxylic acids is 1. The van der Waals surface area contributed by atoms with Crippen molar-refractivity contribution in [3.63, 3.8) is 0 Å². The van der Waals surface area contributed by atoms with Crippen molar-refractivity contribution < 1.29 is 14.3 Å². The molecule has 0 aliphatic carbocycles. The van der Waals surface area contributed by atoms with Gasteiger partial charge in [-0.25, -0.2) is 0 Å². The maximum atomic E-state index is 11.6. The van der Waals surface area contributed by atoms with E-state index in [1.54, 1.807) is 20.3 Å². The Bertz CT molecular complexity index is 419. The lowest BCUT2D eigenvalue weighted by atomic mass is 10.1. The molecule has 1 N–H and O–H groups in total. The van der Waals surface area contributed by atoms with E-state index in [-0.39, 0.29) is 5.91 Å². The third-order valence-corrected chi connectivity index (χ3v) is 2.70. The van der Waals surface area contributed by atoms with Gasteiger partial charge in [0.25, 0.3) is 0 Å². The van der Waals surface area contributed by atoms with Crippen molar-refractivity contribution in [2.24, 2.45) is 0 Å². The zero-order chi connectivity index (χ0) is 14.1. The standard InChI is InChI=1S/C15H21NO3/c1-4-5-11-16-15(17)10-9-12-13(18-2)7-6-8-14(12)19-3/h6-10H,4-5,11H2,1-3H3,(H,16,17)/b10-9+. The van der Waals surface area contributed by atoms with Crippen LogP contribution in [0.2, 0.25) is 0 Å². The molecule has 0 fully saturated rings. The highest BCUT2D eigenvalue weighted by molar-refractivity contribution is 5.92. The minimum atomic E-state index is -0.110. The van der Waals surface area contributed by atoms with Crippen LogP contribution in [0.5, 0.6) is 11.5 Å². The summed E-state index contributed by atoms with van der Waals surface area (Å²) in [4.78, 5) is 11.6. The zero-order valence-electron chi connectivity index (χ0n) is 11.7. The Morgan fingerprint density at radius 2 is 1.89 bits per heavy atom. The molecule has 0 spiro atoms. The molecule has 4 heteroatoms. The lowest BCUT2D eigenvalue weighted by Gasteiger charge is -2.09. The molecule has 104 valence electrons. The maximum absolute atomic E-state index is 11.6. The van der Waals surface area contributed by atoms with Crippen molar-refractivity contribution in [1.29, 1.82) is 0 Å². The van der Waals surface area contributed by atoms with Crippen molar-refractivity contribution in [3.05, 3.63) is 29.8 Å². The second-order valence-corrected chi connectivity index (χ2v) is 4.05. The summed E-state index contributed by atoms with van der Waals surface area (Å²) in [5, 5.41) is 2.82. The van der Waals surface area contributed by atoms with Gasteiger partial charge in [-0.05, 0) is 24.6 Å². The molecule has 0 saturated heterocycles. The molecule has 0 unspecified atom stereocenters. The van der Waals surface area contributed by atoms with E-state index >= 15 is 0 Å². The predicted octanol–water partition coefficient (Wildman–Crippen LogP) is 2.63. The molecule has 0 radical (unpaired) electrons. The van der Waals surface area contributed by atoms with Crippen LogP contribution in [0.1, 0.15) is 25.3 Å². The molecule has 0 bridgehead atoms. The van der Waals surface area contributed by atoms with Crippen LogP contribution < -0.4 is 14.8 Å². The number of unbranched alkanes of at least 4 members (excludes halogenated alkanes) is 1. The summed E-state index contributed by atoms with van der Waals surface area (Å²) in [6.07, 6.45) is 5.25. The van der Waals surface area contributed by atoms with Crippen molar-refractivity contribution >= 4 is 12.0 Å². The SMILES string of the molecule is CCCCNC(=O)/C=C/c1c(OC)cccc1OC. The predicted molar refractivity (Wildman–Crippen MR) is 76.5 cm³/mol. The third-order valence-electron chi connectivity index (χ3n) is 2.70. The van der Waals surface area contributed by atoms with E-state index < -0.39 is 0 Å². The Morgan fingerprint density at radius 1 is 1.26 bits per heavy atom. The first kappa shape index (κ1) is 15.1. The van der Waals surface area contributed by atoms with Crippen molar-refractivity contribution in [3.8, 4) is 11.5 Å². The van der Waals surface area contributed by atoms with E-state index in [0.29, 0.717) is 18.0 Å². The minimum Gasteiger partial charge on any atom is -0.496 e. The number of methoxy groups -OCH3 is 2. The average Bonchev–Trinajstić information content (AvgIpc) is 2.44. The first-order valence-corrected chi connectivity index (χ1v) is 6.39. The van der Waals surface area contributed by atoms with Crippen LogP contribution in [0, 0.1) is 0 Å². The Balaban J connectivity index is 2.77. The van der Waals surface area contributed by atoms with Crippen molar-refractivity contribution in [2.45, 2.75) is 19.8 Å². The number of ether oxygens (including phenoxy) is 2. The largest absolute Gasteiger partial charge is 0.496 e. The first-order chi connectivity index (χ1) is 9.22. The topological polar surface area (TPSA) is 47.6 Å². The number of rotatable bonds is 7. The van der Waals surface area contributed by atoms with Gasteiger partial charge in [0.05, 0.1) is 19.8 Å². The van der Waals surface area contributed by atoms with E-state index in [9.17, 15) is 4.79 Å². The van der Waals surface area contributed by atoms with E-state index in [4.69, 9.17) is 9.47 Å². The van der Waals surface area contributed by atoms with Crippen LogP contribution >= 0.6 is 0 Å². The Kier molecular flexibility index (Phi) is 6.50. The van der Waals surface area contributed by atoms with Crippen LogP contribution in [0.4, 0.5) is 0 Å². The van der Waals surface area contributed by atoms with Crippen molar-refractivity contribution in [1.82, 2.24) is 5.32 Å². The third kappa shape index (κ3) is 4.66. The summed E-state index contributed by atoms with van der Waals surface area (Å²) >= 11 is 0. The smallest absolute Gasteiger partial charge is 0.244 e. The fourth-order valence-corrected chi connectivity index (χ4v) is 1.65. The molecule has 1 rings (SSSR count). The summed E-state index contributed by atoms with van der Waals surface area (Å²) in [5.41, 5.74) is 0.762. The first-order valence-electron chi connectivity index (χ1n) is 6.39. The summed E-state index contributed by atoms with van der Waals surface area (Å²) in [7, 11) is 3.18. The van der Waals surface area contributed by atoms with Crippen LogP contribution in [0.3, 0.4) is 0 Å². The maximum Gasteiger partial charge on any atom is 0.244 e. The summed E-state index contributed by atoms with van der Waals surface area (Å²) in [5.74, 6) is 1.25. The minimum absolute atomic E-state index is 0.110. The summed E-state index contributed by atoms with van der Waals surface area (Å²) in [6.45, 7) is 2.78. The molecular formula is C15H21NO3. The summed E-state index contributed by atoms with van der Waals surface area (Å²) in [6, 6.07) is 5.50. The van der Waals surface area contributed by atoms with Gasteiger partial charge in [0.15, 0.2) is 0 Å². The highest BCUT2D eigenvalue weighted by Crippen LogP contribution is 2.29. The van der Waals surface area contributed by atoms with Gasteiger partial charge >= 0.3 is 0 Å². The molecule has 4 nitrogen and oxygen atoms in total. The number of hydrogen-bond acceptors (Lipinski definition) is 3. The quantitative estimate of drug-likeness (QED) is 0.607. The molecule has 0 heterocycles. The van der Waals surface area contributed by atoms with E-state index in [1.165, 1.54) is 6.08 Å². The summed E-state index contributed by atoms with van der Waals surface area (Å²) < 4.78 is 10.5. The number of benzene rings is 1. The van der Waals surface area contributed by atoms with Gasteiger partial charge in [-0.3, -0.25) is 4.79 Å². The average molecular weight is 263 g/mol. The Hall–Kier alpha value is -1.97. The lowest BCUT2D eigenvalue weighted by Crippen LogP contribution is -2.21. The molecular weight excluding hydrogens is 242 g/mol. The normalized spacial score (nSPS) is 10.5. The van der Waals surface area contributed by atoms with E-state index in [2.05, 4.69) is 12.2 Å². The highest BCUT2D eigenvalue weighted by atomic mass is 16.5. The monoisotopic (exact) mass is 263 g/mol. The van der Waals surface area contributed by atoms with Crippen molar-refractivity contribution in [2.75, 3.05) is 20.8 Å². The molecule has 0 aliphatic rings. The molecule has 1 aromatic carbocycles. The molecule has 0 aliphatic heterocycles. The second-order valence-electron chi connectivity index (χ2n) is 4.05. The van der Waals surface area contributed by atoms with Gasteiger partial charge in [-0.1, -0.05) is 19.4 Å². The molecule has 1 aromatic rings. The molecule has 0 aromatic heterocycles. The van der Waals surface area contributed by atoms with E-state index in [1.807, 2.05) is 18.2 Å². The Labute approximate surface area is 114 Å². The van der Waals surface area contributed by atoms with Gasteiger partial charge in [-0.15, -0.1) is 0 Å². The Morgan fingerprint density at radius 3 is 2.42 bits per heavy atom. The fraction of sp³-hybridized carbons (Fsp3) is 0.400. The van der Waals surface area contributed by atoms with Crippen LogP contribution in [-0.2, 0) is 4.79 Å². The number of nitrogens with one attached hydrogen (secondary N) is 1. The van der Waals surface area contributed by atoms with Gasteiger partial charge in [0, 0.05) is 12.6 Å². The molecule has 0 atom stereocenters. The van der Waals surface area contributed by atoms with Crippen LogP contribution in [0.15, 0.2) is 24.3 Å². The van der Waals surface area contributed by atoms with Gasteiger partial charge in [-0.2, -0.15) is 0 Å². The number of carbonyl (C=O) groups is 1. The molecule has 1 amide bonds. The fourth-order valence-electron chi connectivity index (χ4n) is 1.65. The number of amides is 1. The van der Waals surface area contributed by atoms with Crippen LogP contribution in [-0.4, -0.2) is 26.7 Å². The highest BCUT2D eigenvalue weighted by Gasteiger charge is 2.06. The molecule has 19 heavy (non-hydrogen) atoms. The number of hydrogen-bond donors (Lipinski definition) is 1. The van der Waals surface area contributed by atoms with Crippen LogP contribution in [0.25, 0.3) is 6.08 Å². The van der Waals surface area contributed by atoms with Gasteiger partial charge in [0.2, 0.25) is 5.91 Å². The lowest BCUT2D eigenvalue weighted by molar-refractivity contribution is -0.116. The molecule has 0 saturated carbocycles. The van der Waals surface area contributed by atoms with E-state index in [0.717, 1.165) is 18.4 Å². The second kappa shape index (κ2) is 8.19. The van der Waals surface area contributed by atoms with Gasteiger partial charge < -0.3 is 14.8 Å².